The molecule has 1 heterocycles. The molecule has 36 valence electrons. The zero-order valence-electron chi connectivity index (χ0n) is 7.44. The zero-order chi connectivity index (χ0) is 7.78. The van der Waals surface area contributed by atoms with Crippen molar-refractivity contribution in [2.75, 3.05) is 26.1 Å². The molecule has 0 aromatic carbocycles. The summed E-state index contributed by atoms with van der Waals surface area (Å²) in [4.78, 5) is 0. The lowest BCUT2D eigenvalue weighted by Crippen LogP contribution is -2.39. The molecule has 2 nitrogen and oxygen atoms in total. The molecule has 0 spiro atoms. The van der Waals surface area contributed by atoms with E-state index in [1.54, 1.807) is 0 Å². The van der Waals surface area contributed by atoms with E-state index < -0.39 is 13.0 Å². The van der Waals surface area contributed by atoms with E-state index in [0.717, 1.165) is 5.31 Å². The highest BCUT2D eigenvalue weighted by molar-refractivity contribution is 4.59. The average Bonchev–Trinajstić information content (AvgIpc) is 1.84. The molecule has 1 saturated heterocycles. The van der Waals surface area contributed by atoms with Gasteiger partial charge in [-0.1, -0.05) is 0 Å². The first-order valence-corrected chi connectivity index (χ1v) is 1.97. The molecule has 0 amide bonds. The molecule has 0 bridgehead atoms. The Bertz CT molecular complexity index is 116. The monoisotopic (exact) mass is 90.1 g/mol. The van der Waals surface area contributed by atoms with E-state index in [4.69, 9.17) is 5.52 Å². The molecule has 2 N–H and O–H groups in total. The van der Waals surface area contributed by atoms with E-state index in [1.165, 1.54) is 0 Å². The molecule has 1 atom stereocenters. The maximum absolute atomic E-state index is 7.19. The van der Waals surface area contributed by atoms with Crippen LogP contribution in [0.15, 0.2) is 0 Å². The van der Waals surface area contributed by atoms with Gasteiger partial charge in [0.1, 0.15) is 1.41 Å². The summed E-state index contributed by atoms with van der Waals surface area (Å²) in [5.74, 6) is 0. The molecule has 0 aromatic rings. The maximum atomic E-state index is 7.19. The van der Waals surface area contributed by atoms with Crippen molar-refractivity contribution >= 4 is 0 Å². The van der Waals surface area contributed by atoms with Crippen LogP contribution in [0.4, 0.5) is 0 Å². The van der Waals surface area contributed by atoms with E-state index in [2.05, 4.69) is 5.32 Å². The molecule has 1 rings (SSSR count). The molecule has 2 heteroatoms. The fourth-order valence-corrected chi connectivity index (χ4v) is 0.348. The lowest BCUT2D eigenvalue weighted by molar-refractivity contribution is 0.534. The Morgan fingerprint density at radius 1 is 1.67 bits per heavy atom. The van der Waals surface area contributed by atoms with Gasteiger partial charge in [0.2, 0.25) is 0 Å². The summed E-state index contributed by atoms with van der Waals surface area (Å²) in [7, 11) is 0. The quantitative estimate of drug-likeness (QED) is 0.406. The van der Waals surface area contributed by atoms with Gasteiger partial charge in [0.05, 0.1) is 0 Å². The standard InChI is InChI=1S/C4H10N2/c1-2-6-4-3-5-1/h5-6H,1-4H2/i1D,2D2/hD. The Balaban J connectivity index is 2.63. The summed E-state index contributed by atoms with van der Waals surface area (Å²) in [6.45, 7) is -2.00. The van der Waals surface area contributed by atoms with Crippen molar-refractivity contribution in [1.29, 1.82) is 0 Å². The largest absolute Gasteiger partial charge is 0.314 e. The Labute approximate surface area is 43.6 Å². The second-order valence-corrected chi connectivity index (χ2v) is 1.11. The Hall–Kier alpha value is -0.0800. The summed E-state index contributed by atoms with van der Waals surface area (Å²) in [5, 5.41) is 3.44. The van der Waals surface area contributed by atoms with Crippen molar-refractivity contribution in [3.8, 4) is 0 Å². The molecule has 1 aliphatic rings. The molecule has 1 fully saturated rings. The average molecular weight is 90.2 g/mol. The minimum Gasteiger partial charge on any atom is -0.314 e. The van der Waals surface area contributed by atoms with E-state index in [9.17, 15) is 0 Å². The lowest BCUT2D eigenvalue weighted by Gasteiger charge is -2.11. The predicted molar refractivity (Wildman–Crippen MR) is 25.7 cm³/mol. The first-order chi connectivity index (χ1) is 4.55. The third-order valence-corrected chi connectivity index (χ3v) is 0.626. The summed E-state index contributed by atoms with van der Waals surface area (Å²) in [6.07, 6.45) is 0. The van der Waals surface area contributed by atoms with Crippen molar-refractivity contribution in [1.82, 2.24) is 10.6 Å². The van der Waals surface area contributed by atoms with Crippen LogP contribution in [0.1, 0.15) is 4.11 Å². The van der Waals surface area contributed by atoms with Crippen LogP contribution < -0.4 is 10.6 Å². The zero-order valence-corrected chi connectivity index (χ0v) is 3.44. The molecule has 1 unspecified atom stereocenters. The highest BCUT2D eigenvalue weighted by Gasteiger charge is 1.91. The van der Waals surface area contributed by atoms with Gasteiger partial charge in [-0.2, -0.15) is 0 Å². The topological polar surface area (TPSA) is 24.1 Å². The number of rotatable bonds is 0. The minimum atomic E-state index is -1.85. The summed E-state index contributed by atoms with van der Waals surface area (Å²) in [5.41, 5.74) is 0. The number of piperazine rings is 1. The van der Waals surface area contributed by atoms with Crippen LogP contribution in [-0.4, -0.2) is 26.1 Å². The van der Waals surface area contributed by atoms with Crippen LogP contribution in [-0.2, 0) is 0 Å². The number of nitrogens with one attached hydrogen (secondary N) is 2. The van der Waals surface area contributed by atoms with Gasteiger partial charge in [-0.25, -0.2) is 0 Å². The fourth-order valence-electron chi connectivity index (χ4n) is 0.348. The van der Waals surface area contributed by atoms with Gasteiger partial charge in [-0.3, -0.25) is 0 Å². The molecule has 1 aliphatic heterocycles. The van der Waals surface area contributed by atoms with E-state index in [1.807, 2.05) is 0 Å². The van der Waals surface area contributed by atoms with Crippen molar-refractivity contribution in [2.24, 2.45) is 0 Å². The van der Waals surface area contributed by atoms with Gasteiger partial charge in [0, 0.05) is 30.2 Å². The van der Waals surface area contributed by atoms with Crippen LogP contribution in [0.3, 0.4) is 0 Å². The number of hydrogen-bond acceptors (Lipinski definition) is 2. The van der Waals surface area contributed by atoms with E-state index >= 15 is 0 Å². The maximum Gasteiger partial charge on any atom is 0.122 e. The van der Waals surface area contributed by atoms with Crippen LogP contribution in [0.25, 0.3) is 0 Å². The third kappa shape index (κ3) is 0.954. The molecule has 6 heavy (non-hydrogen) atoms. The van der Waals surface area contributed by atoms with Crippen molar-refractivity contribution < 1.29 is 5.52 Å². The minimum absolute atomic E-state index is 0.336. The molecule has 0 saturated carbocycles. The Kier molecular flexibility index (Phi) is 0.524. The summed E-state index contributed by atoms with van der Waals surface area (Å²) < 4.78 is 28.6. The predicted octanol–water partition coefficient (Wildman–Crippen LogP) is -0.821. The van der Waals surface area contributed by atoms with Crippen LogP contribution >= 0.6 is 0 Å². The van der Waals surface area contributed by atoms with E-state index in [0.29, 0.717) is 13.1 Å². The first-order valence-electron chi connectivity index (χ1n) is 4.00. The highest BCUT2D eigenvalue weighted by Crippen LogP contribution is 1.65. The van der Waals surface area contributed by atoms with Gasteiger partial charge < -0.3 is 10.6 Å². The summed E-state index contributed by atoms with van der Waals surface area (Å²) >= 11 is 0. The van der Waals surface area contributed by atoms with Crippen LogP contribution in [0.5, 0.6) is 0 Å². The van der Waals surface area contributed by atoms with Crippen LogP contribution in [0, 0.1) is 0 Å². The lowest BCUT2D eigenvalue weighted by atomic mass is 10.4. The number of hydrogen-bond donors (Lipinski definition) is 2. The van der Waals surface area contributed by atoms with Gasteiger partial charge in [-0.05, 0) is 0 Å². The SMILES string of the molecule is [2H]C1NCCN([2H])C1([2H])[2H]. The third-order valence-electron chi connectivity index (χ3n) is 0.626. The summed E-state index contributed by atoms with van der Waals surface area (Å²) in [6, 6.07) is 0. The van der Waals surface area contributed by atoms with Gasteiger partial charge in [0.15, 0.2) is 0 Å². The van der Waals surface area contributed by atoms with Crippen molar-refractivity contribution in [3.05, 3.63) is 0 Å². The highest BCUT2D eigenvalue weighted by atomic mass is 15.0. The normalized spacial score (nSPS) is 57.7. The van der Waals surface area contributed by atoms with Gasteiger partial charge >= 0.3 is 0 Å². The van der Waals surface area contributed by atoms with E-state index in [-0.39, 0.29) is 0 Å². The second-order valence-electron chi connectivity index (χ2n) is 1.11. The molecule has 0 radical (unpaired) electrons. The first kappa shape index (κ1) is 1.46. The fraction of sp³-hybridized carbons (Fsp3) is 1.00. The smallest absolute Gasteiger partial charge is 0.122 e. The Morgan fingerprint density at radius 3 is 3.33 bits per heavy atom. The van der Waals surface area contributed by atoms with Crippen LogP contribution in [0.2, 0.25) is 1.41 Å². The van der Waals surface area contributed by atoms with Crippen molar-refractivity contribution in [3.63, 3.8) is 0 Å². The molecular weight excluding hydrogens is 76.1 g/mol. The second kappa shape index (κ2) is 2.16. The molecular formula is C4H10N2. The van der Waals surface area contributed by atoms with Gasteiger partial charge in [-0.15, -0.1) is 0 Å². The van der Waals surface area contributed by atoms with Crippen molar-refractivity contribution in [2.45, 2.75) is 0 Å². The van der Waals surface area contributed by atoms with Gasteiger partial charge in [0.25, 0.3) is 0 Å². The Morgan fingerprint density at radius 2 is 2.67 bits per heavy atom. The molecule has 0 aromatic heterocycles. The molecule has 0 aliphatic carbocycles.